The lowest BCUT2D eigenvalue weighted by Crippen LogP contribution is -2.52. The number of ether oxygens (including phenoxy) is 1. The van der Waals surface area contributed by atoms with Gasteiger partial charge in [0, 0.05) is 24.3 Å². The van der Waals surface area contributed by atoms with Crippen LogP contribution in [0, 0.1) is 0 Å². The first-order valence-corrected chi connectivity index (χ1v) is 7.25. The lowest BCUT2D eigenvalue weighted by atomic mass is 10.1. The van der Waals surface area contributed by atoms with Crippen LogP contribution in [-0.4, -0.2) is 40.8 Å². The largest absolute Gasteiger partial charge is 0.375 e. The second kappa shape index (κ2) is 5.97. The molecule has 20 heavy (non-hydrogen) atoms. The van der Waals surface area contributed by atoms with Crippen LogP contribution in [0.15, 0.2) is 21.5 Å². The van der Waals surface area contributed by atoms with Crippen molar-refractivity contribution in [1.82, 2.24) is 9.47 Å². The summed E-state index contributed by atoms with van der Waals surface area (Å²) in [5, 5.41) is 2.68. The van der Waals surface area contributed by atoms with Crippen molar-refractivity contribution in [2.75, 3.05) is 18.5 Å². The molecule has 1 N–H and O–H groups in total. The third kappa shape index (κ3) is 3.04. The summed E-state index contributed by atoms with van der Waals surface area (Å²) in [7, 11) is 1.64. The maximum Gasteiger partial charge on any atom is 0.322 e. The van der Waals surface area contributed by atoms with Gasteiger partial charge in [-0.2, -0.15) is 0 Å². The molecule has 0 saturated carbocycles. The summed E-state index contributed by atoms with van der Waals surface area (Å²) in [6.45, 7) is 4.89. The summed E-state index contributed by atoms with van der Waals surface area (Å²) in [6.07, 6.45) is 1.64. The molecule has 2 atom stereocenters. The van der Waals surface area contributed by atoms with E-state index in [9.17, 15) is 9.59 Å². The number of pyridine rings is 1. The normalized spacial score (nSPS) is 22.7. The molecule has 2 amide bonds. The minimum atomic E-state index is -0.275. The van der Waals surface area contributed by atoms with Crippen LogP contribution < -0.4 is 10.9 Å². The molecule has 0 aliphatic carbocycles. The van der Waals surface area contributed by atoms with E-state index in [1.54, 1.807) is 24.2 Å². The zero-order valence-corrected chi connectivity index (χ0v) is 13.3. The predicted molar refractivity (Wildman–Crippen MR) is 80.0 cm³/mol. The summed E-state index contributed by atoms with van der Waals surface area (Å²) >= 11 is 3.31. The SMILES string of the molecule is C[C@H]1OCCN(C(=O)Nc2cc(Br)cn(C)c2=O)[C@H]1C. The third-order valence-electron chi connectivity index (χ3n) is 3.54. The summed E-state index contributed by atoms with van der Waals surface area (Å²) in [5.41, 5.74) is 0.0220. The Morgan fingerprint density at radius 2 is 2.20 bits per heavy atom. The van der Waals surface area contributed by atoms with Crippen LogP contribution >= 0.6 is 15.9 Å². The second-order valence-corrected chi connectivity index (χ2v) is 5.84. The number of nitrogens with one attached hydrogen (secondary N) is 1. The molecule has 1 aromatic heterocycles. The number of halogens is 1. The summed E-state index contributed by atoms with van der Waals surface area (Å²) in [5.74, 6) is 0. The zero-order valence-electron chi connectivity index (χ0n) is 11.7. The molecule has 2 rings (SSSR count). The Morgan fingerprint density at radius 1 is 1.50 bits per heavy atom. The fourth-order valence-corrected chi connectivity index (χ4v) is 2.70. The minimum Gasteiger partial charge on any atom is -0.375 e. The van der Waals surface area contributed by atoms with Gasteiger partial charge in [-0.05, 0) is 35.8 Å². The van der Waals surface area contributed by atoms with E-state index in [0.717, 1.165) is 4.47 Å². The number of hydrogen-bond donors (Lipinski definition) is 1. The van der Waals surface area contributed by atoms with Crippen LogP contribution in [-0.2, 0) is 11.8 Å². The smallest absolute Gasteiger partial charge is 0.322 e. The highest BCUT2D eigenvalue weighted by atomic mass is 79.9. The van der Waals surface area contributed by atoms with E-state index in [1.165, 1.54) is 4.57 Å². The van der Waals surface area contributed by atoms with Crippen LogP contribution in [0.25, 0.3) is 0 Å². The van der Waals surface area contributed by atoms with Gasteiger partial charge in [0.1, 0.15) is 5.69 Å². The lowest BCUT2D eigenvalue weighted by molar-refractivity contribution is -0.0355. The van der Waals surface area contributed by atoms with Gasteiger partial charge in [0.15, 0.2) is 0 Å². The molecule has 1 saturated heterocycles. The van der Waals surface area contributed by atoms with E-state index in [4.69, 9.17) is 4.74 Å². The number of anilines is 1. The number of aryl methyl sites for hydroxylation is 1. The van der Waals surface area contributed by atoms with Crippen LogP contribution in [0.2, 0.25) is 0 Å². The summed E-state index contributed by atoms with van der Waals surface area (Å²) < 4.78 is 7.64. The molecule has 0 spiro atoms. The van der Waals surface area contributed by atoms with Gasteiger partial charge in [-0.15, -0.1) is 0 Å². The maximum absolute atomic E-state index is 12.3. The Balaban J connectivity index is 2.18. The first-order valence-electron chi connectivity index (χ1n) is 6.45. The van der Waals surface area contributed by atoms with Crippen molar-refractivity contribution in [2.45, 2.75) is 26.0 Å². The molecule has 0 radical (unpaired) electrons. The number of morpholine rings is 1. The fourth-order valence-electron chi connectivity index (χ4n) is 2.17. The van der Waals surface area contributed by atoms with E-state index in [0.29, 0.717) is 13.2 Å². The topological polar surface area (TPSA) is 63.6 Å². The predicted octanol–water partition coefficient (Wildman–Crippen LogP) is 1.79. The third-order valence-corrected chi connectivity index (χ3v) is 3.97. The van der Waals surface area contributed by atoms with Crippen LogP contribution in [0.5, 0.6) is 0 Å². The highest BCUT2D eigenvalue weighted by Gasteiger charge is 2.29. The van der Waals surface area contributed by atoms with E-state index in [1.807, 2.05) is 13.8 Å². The lowest BCUT2D eigenvalue weighted by Gasteiger charge is -2.37. The number of aromatic nitrogens is 1. The number of hydrogen-bond acceptors (Lipinski definition) is 3. The number of carbonyl (C=O) groups excluding carboxylic acids is 1. The van der Waals surface area contributed by atoms with Gasteiger partial charge in [0.25, 0.3) is 5.56 Å². The molecule has 110 valence electrons. The van der Waals surface area contributed by atoms with Crippen LogP contribution in [0.4, 0.5) is 10.5 Å². The van der Waals surface area contributed by atoms with E-state index in [-0.39, 0.29) is 29.4 Å². The van der Waals surface area contributed by atoms with Gasteiger partial charge >= 0.3 is 6.03 Å². The molecular formula is C13H18BrN3O3. The van der Waals surface area contributed by atoms with Gasteiger partial charge in [-0.1, -0.05) is 0 Å². The maximum atomic E-state index is 12.3. The van der Waals surface area contributed by atoms with Gasteiger partial charge in [0.05, 0.1) is 18.8 Å². The van der Waals surface area contributed by atoms with Gasteiger partial charge < -0.3 is 19.5 Å². The standard InChI is InChI=1S/C13H18BrN3O3/c1-8-9(2)20-5-4-17(8)13(19)15-11-6-10(14)7-16(3)12(11)18/h6-9H,4-5H2,1-3H3,(H,15,19)/t8-,9+/m0/s1. The quantitative estimate of drug-likeness (QED) is 0.845. The van der Waals surface area contributed by atoms with Crippen molar-refractivity contribution in [3.63, 3.8) is 0 Å². The number of carbonyl (C=O) groups is 1. The molecule has 0 aromatic carbocycles. The van der Waals surface area contributed by atoms with Crippen LogP contribution in [0.3, 0.4) is 0 Å². The average molecular weight is 344 g/mol. The van der Waals surface area contributed by atoms with E-state index in [2.05, 4.69) is 21.2 Å². The monoisotopic (exact) mass is 343 g/mol. The average Bonchev–Trinajstić information content (AvgIpc) is 2.38. The number of urea groups is 1. The summed E-state index contributed by atoms with van der Waals surface area (Å²) in [6, 6.07) is 1.30. The highest BCUT2D eigenvalue weighted by Crippen LogP contribution is 2.16. The van der Waals surface area contributed by atoms with Crippen molar-refractivity contribution in [3.05, 3.63) is 27.1 Å². The van der Waals surface area contributed by atoms with E-state index >= 15 is 0 Å². The molecule has 1 fully saturated rings. The molecule has 1 aliphatic rings. The molecule has 2 heterocycles. The zero-order chi connectivity index (χ0) is 14.9. The number of nitrogens with zero attached hydrogens (tertiary/aromatic N) is 2. The molecule has 1 aliphatic heterocycles. The van der Waals surface area contributed by atoms with E-state index < -0.39 is 0 Å². The van der Waals surface area contributed by atoms with Crippen LogP contribution in [0.1, 0.15) is 13.8 Å². The highest BCUT2D eigenvalue weighted by molar-refractivity contribution is 9.10. The molecular weight excluding hydrogens is 326 g/mol. The molecule has 1 aromatic rings. The van der Waals surface area contributed by atoms with Crippen molar-refractivity contribution >= 4 is 27.6 Å². The molecule has 0 unspecified atom stereocenters. The first-order chi connectivity index (χ1) is 9.40. The Labute approximate surface area is 125 Å². The van der Waals surface area contributed by atoms with Gasteiger partial charge in [-0.25, -0.2) is 4.79 Å². The minimum absolute atomic E-state index is 0.0140. The van der Waals surface area contributed by atoms with Crippen molar-refractivity contribution in [3.8, 4) is 0 Å². The van der Waals surface area contributed by atoms with Crippen molar-refractivity contribution in [2.24, 2.45) is 7.05 Å². The van der Waals surface area contributed by atoms with Gasteiger partial charge in [-0.3, -0.25) is 4.79 Å². The molecule has 6 nitrogen and oxygen atoms in total. The second-order valence-electron chi connectivity index (χ2n) is 4.93. The van der Waals surface area contributed by atoms with Crippen molar-refractivity contribution in [1.29, 1.82) is 0 Å². The Morgan fingerprint density at radius 3 is 2.90 bits per heavy atom. The number of rotatable bonds is 1. The molecule has 0 bridgehead atoms. The van der Waals surface area contributed by atoms with Gasteiger partial charge in [0.2, 0.25) is 0 Å². The Bertz CT molecular complexity index is 572. The summed E-state index contributed by atoms with van der Waals surface area (Å²) in [4.78, 5) is 26.0. The Hall–Kier alpha value is -1.34. The molecule has 7 heteroatoms. The Kier molecular flexibility index (Phi) is 4.49. The first kappa shape index (κ1) is 15.1. The number of amides is 2. The fraction of sp³-hybridized carbons (Fsp3) is 0.538. The van der Waals surface area contributed by atoms with Crippen molar-refractivity contribution < 1.29 is 9.53 Å².